The molecule has 6 nitrogen and oxygen atoms in total. The van der Waals surface area contributed by atoms with Crippen molar-refractivity contribution in [2.45, 2.75) is 83.0 Å². The van der Waals surface area contributed by atoms with Crippen LogP contribution in [0.4, 0.5) is 11.4 Å². The first-order valence-electron chi connectivity index (χ1n) is 16.2. The fourth-order valence-corrected chi connectivity index (χ4v) is 7.98. The topological polar surface area (TPSA) is 59.1 Å². The molecule has 0 radical (unpaired) electrons. The zero-order valence-corrected chi connectivity index (χ0v) is 25.2. The monoisotopic (exact) mass is 570 g/mol. The van der Waals surface area contributed by atoms with Crippen LogP contribution in [0.1, 0.15) is 83.1 Å². The zero-order chi connectivity index (χ0) is 29.0. The van der Waals surface area contributed by atoms with Crippen molar-refractivity contribution in [1.82, 2.24) is 0 Å². The molecule has 4 aliphatic carbocycles. The Hall–Kier alpha value is -3.12. The summed E-state index contributed by atoms with van der Waals surface area (Å²) in [5, 5.41) is 0. The predicted octanol–water partition coefficient (Wildman–Crippen LogP) is 7.21. The Morgan fingerprint density at radius 3 is 2.31 bits per heavy atom. The molecule has 2 aromatic rings. The number of ether oxygens (including phenoxy) is 2. The minimum Gasteiger partial charge on any atom is -0.423 e. The van der Waals surface area contributed by atoms with E-state index in [4.69, 9.17) is 9.47 Å². The van der Waals surface area contributed by atoms with Crippen LogP contribution in [-0.2, 0) is 19.7 Å². The molecule has 1 heterocycles. The van der Waals surface area contributed by atoms with Crippen molar-refractivity contribution in [2.24, 2.45) is 11.3 Å². The number of carbonyl (C=O) groups excluding carboxylic acids is 2. The maximum atomic E-state index is 14.1. The van der Waals surface area contributed by atoms with Crippen LogP contribution in [0, 0.1) is 11.3 Å². The molecule has 0 atom stereocenters. The van der Waals surface area contributed by atoms with Gasteiger partial charge in [-0.25, -0.2) is 4.79 Å². The molecule has 224 valence electrons. The highest BCUT2D eigenvalue weighted by Gasteiger charge is 2.50. The number of carbonyl (C=O) groups is 2. The van der Waals surface area contributed by atoms with Gasteiger partial charge in [-0.15, -0.1) is 0 Å². The van der Waals surface area contributed by atoms with Crippen molar-refractivity contribution in [3.8, 4) is 5.75 Å². The average Bonchev–Trinajstić information content (AvgIpc) is 3.05. The van der Waals surface area contributed by atoms with E-state index in [1.807, 2.05) is 18.2 Å². The Morgan fingerprint density at radius 2 is 1.64 bits per heavy atom. The van der Waals surface area contributed by atoms with E-state index in [0.717, 1.165) is 83.5 Å². The molecule has 42 heavy (non-hydrogen) atoms. The van der Waals surface area contributed by atoms with Gasteiger partial charge in [0, 0.05) is 49.1 Å². The first-order valence-corrected chi connectivity index (χ1v) is 16.2. The van der Waals surface area contributed by atoms with Crippen molar-refractivity contribution in [2.75, 3.05) is 42.6 Å². The summed E-state index contributed by atoms with van der Waals surface area (Å²) in [4.78, 5) is 30.8. The molecule has 0 unspecified atom stereocenters. The lowest BCUT2D eigenvalue weighted by Crippen LogP contribution is -2.51. The van der Waals surface area contributed by atoms with Crippen LogP contribution in [0.25, 0.3) is 0 Å². The summed E-state index contributed by atoms with van der Waals surface area (Å²) in [6.07, 6.45) is 15.5. The summed E-state index contributed by atoms with van der Waals surface area (Å²) >= 11 is 0. The van der Waals surface area contributed by atoms with E-state index in [1.54, 1.807) is 19.1 Å². The van der Waals surface area contributed by atoms with Gasteiger partial charge in [0.15, 0.2) is 0 Å². The number of allylic oxidation sites excluding steroid dienone is 1. The van der Waals surface area contributed by atoms with Crippen LogP contribution in [0.3, 0.4) is 0 Å². The molecule has 1 aliphatic heterocycles. The van der Waals surface area contributed by atoms with E-state index < -0.39 is 5.97 Å². The van der Waals surface area contributed by atoms with Gasteiger partial charge >= 0.3 is 5.97 Å². The van der Waals surface area contributed by atoms with Gasteiger partial charge in [-0.3, -0.25) is 4.79 Å². The van der Waals surface area contributed by atoms with Crippen LogP contribution >= 0.6 is 0 Å². The van der Waals surface area contributed by atoms with Gasteiger partial charge in [-0.2, -0.15) is 0 Å². The van der Waals surface area contributed by atoms with Crippen molar-refractivity contribution >= 4 is 23.3 Å². The van der Waals surface area contributed by atoms with E-state index in [0.29, 0.717) is 5.75 Å². The van der Waals surface area contributed by atoms with Crippen LogP contribution in [0.15, 0.2) is 60.7 Å². The Labute approximate surface area is 251 Å². The van der Waals surface area contributed by atoms with Gasteiger partial charge in [0.05, 0.1) is 13.2 Å². The maximum absolute atomic E-state index is 14.1. The smallest absolute Gasteiger partial charge is 0.335 e. The lowest BCUT2D eigenvalue weighted by molar-refractivity contribution is -0.129. The minimum atomic E-state index is -0.396. The van der Waals surface area contributed by atoms with Crippen LogP contribution in [-0.4, -0.2) is 44.7 Å². The van der Waals surface area contributed by atoms with E-state index in [-0.39, 0.29) is 22.7 Å². The van der Waals surface area contributed by atoms with Gasteiger partial charge < -0.3 is 19.3 Å². The highest BCUT2D eigenvalue weighted by molar-refractivity contribution is 5.95. The minimum absolute atomic E-state index is 0.0839. The van der Waals surface area contributed by atoms with Crippen molar-refractivity contribution in [3.05, 3.63) is 66.2 Å². The van der Waals surface area contributed by atoms with E-state index in [9.17, 15) is 9.59 Å². The van der Waals surface area contributed by atoms with Crippen LogP contribution in [0.2, 0.25) is 0 Å². The number of esters is 1. The van der Waals surface area contributed by atoms with Crippen molar-refractivity contribution in [3.63, 3.8) is 0 Å². The molecule has 0 spiro atoms. The van der Waals surface area contributed by atoms with Crippen molar-refractivity contribution < 1.29 is 19.1 Å². The highest BCUT2D eigenvalue weighted by Crippen LogP contribution is 2.58. The maximum Gasteiger partial charge on any atom is 0.335 e. The SMILES string of the molecule is C/C=C/C(=O)Oc1cccc(N(CC23CCC(c4ccc(N5CCOCC5)cc4)(CC2)CC3)C(=O)C2CCCCC2)c1. The molecule has 0 aromatic heterocycles. The number of hydrogen-bond donors (Lipinski definition) is 0. The third kappa shape index (κ3) is 6.15. The zero-order valence-electron chi connectivity index (χ0n) is 25.2. The van der Waals surface area contributed by atoms with Crippen LogP contribution < -0.4 is 14.5 Å². The Kier molecular flexibility index (Phi) is 8.71. The molecule has 7 rings (SSSR count). The number of benzene rings is 2. The molecule has 1 amide bonds. The van der Waals surface area contributed by atoms with Gasteiger partial charge in [0.2, 0.25) is 5.91 Å². The predicted molar refractivity (Wildman–Crippen MR) is 167 cm³/mol. The summed E-state index contributed by atoms with van der Waals surface area (Å²) < 4.78 is 11.1. The Bertz CT molecular complexity index is 1250. The summed E-state index contributed by atoms with van der Waals surface area (Å²) in [6, 6.07) is 17.0. The van der Waals surface area contributed by atoms with Gasteiger partial charge in [0.25, 0.3) is 0 Å². The number of morpholine rings is 1. The number of anilines is 2. The second-order valence-electron chi connectivity index (χ2n) is 13.1. The Morgan fingerprint density at radius 1 is 0.952 bits per heavy atom. The Balaban J connectivity index is 1.19. The van der Waals surface area contributed by atoms with E-state index in [1.165, 1.54) is 43.0 Å². The van der Waals surface area contributed by atoms with Crippen LogP contribution in [0.5, 0.6) is 5.75 Å². The number of nitrogens with zero attached hydrogens (tertiary/aromatic N) is 2. The molecule has 5 aliphatic rings. The normalized spacial score (nSPS) is 26.4. The third-order valence-corrected chi connectivity index (χ3v) is 10.6. The number of amides is 1. The number of hydrogen-bond acceptors (Lipinski definition) is 5. The standard InChI is InChI=1S/C36H46N2O4/c1-2-7-33(39)42-32-11-6-10-31(26-32)38(34(40)28-8-4-3-5-9-28)27-35-16-19-36(20-17-35,21-18-35)29-12-14-30(15-13-29)37-22-24-41-25-23-37/h2,6-7,10-15,26,28H,3-5,8-9,16-25,27H2,1H3/b7-2+. The summed E-state index contributed by atoms with van der Waals surface area (Å²) in [7, 11) is 0. The van der Waals surface area contributed by atoms with Gasteiger partial charge in [-0.1, -0.05) is 43.5 Å². The molecule has 6 heteroatoms. The van der Waals surface area contributed by atoms with Crippen molar-refractivity contribution in [1.29, 1.82) is 0 Å². The number of rotatable bonds is 8. The average molecular weight is 571 g/mol. The second-order valence-corrected chi connectivity index (χ2v) is 13.1. The largest absolute Gasteiger partial charge is 0.423 e. The number of fused-ring (bicyclic) bond motifs is 3. The first kappa shape index (κ1) is 29.0. The van der Waals surface area contributed by atoms with E-state index >= 15 is 0 Å². The first-order chi connectivity index (χ1) is 20.5. The molecular weight excluding hydrogens is 524 g/mol. The highest BCUT2D eigenvalue weighted by atomic mass is 16.5. The third-order valence-electron chi connectivity index (χ3n) is 10.6. The fourth-order valence-electron chi connectivity index (χ4n) is 7.98. The quantitative estimate of drug-likeness (QED) is 0.191. The molecular formula is C36H46N2O4. The molecule has 2 aromatic carbocycles. The fraction of sp³-hybridized carbons (Fsp3) is 0.556. The molecule has 4 saturated carbocycles. The molecule has 2 bridgehead atoms. The van der Waals surface area contributed by atoms with E-state index in [2.05, 4.69) is 34.1 Å². The lowest BCUT2D eigenvalue weighted by Gasteiger charge is -2.55. The molecule has 5 fully saturated rings. The van der Waals surface area contributed by atoms with Gasteiger partial charge in [0.1, 0.15) is 5.75 Å². The molecule has 0 N–H and O–H groups in total. The molecule has 1 saturated heterocycles. The summed E-state index contributed by atoms with van der Waals surface area (Å²) in [5.74, 6) is 0.427. The lowest BCUT2D eigenvalue weighted by atomic mass is 9.51. The second kappa shape index (κ2) is 12.6. The summed E-state index contributed by atoms with van der Waals surface area (Å²) in [6.45, 7) is 6.08. The van der Waals surface area contributed by atoms with Gasteiger partial charge in [-0.05, 0) is 98.9 Å². The summed E-state index contributed by atoms with van der Waals surface area (Å²) in [5.41, 5.74) is 4.03.